The van der Waals surface area contributed by atoms with Crippen molar-refractivity contribution in [1.29, 1.82) is 0 Å². The molecule has 16 heavy (non-hydrogen) atoms. The number of rotatable bonds is 2. The van der Waals surface area contributed by atoms with E-state index in [-0.39, 0.29) is 0 Å². The van der Waals surface area contributed by atoms with Crippen LogP contribution < -0.4 is 5.32 Å². The summed E-state index contributed by atoms with van der Waals surface area (Å²) in [6.45, 7) is 0. The van der Waals surface area contributed by atoms with E-state index >= 15 is 0 Å². The highest BCUT2D eigenvalue weighted by atomic mass is 35.5. The standard InChI is InChI=1S/C13H17Cl2N/c14-11-8-5-9-12(15)13(11)16-10-6-3-1-2-4-7-10/h5,8-10,16H,1-4,6-7H2. The molecule has 1 aliphatic rings. The quantitative estimate of drug-likeness (QED) is 0.725. The molecule has 0 aliphatic heterocycles. The van der Waals surface area contributed by atoms with Gasteiger partial charge in [0.2, 0.25) is 0 Å². The number of anilines is 1. The summed E-state index contributed by atoms with van der Waals surface area (Å²) in [4.78, 5) is 0. The molecular weight excluding hydrogens is 241 g/mol. The molecular formula is C13H17Cl2N. The van der Waals surface area contributed by atoms with Gasteiger partial charge in [0.15, 0.2) is 0 Å². The molecule has 0 radical (unpaired) electrons. The Morgan fingerprint density at radius 3 is 2.06 bits per heavy atom. The van der Waals surface area contributed by atoms with Crippen molar-refractivity contribution in [1.82, 2.24) is 0 Å². The van der Waals surface area contributed by atoms with E-state index in [2.05, 4.69) is 5.32 Å². The molecule has 0 spiro atoms. The SMILES string of the molecule is Clc1cccc(Cl)c1NC1CCCCCC1. The summed E-state index contributed by atoms with van der Waals surface area (Å²) in [5.41, 5.74) is 0.901. The van der Waals surface area contributed by atoms with Crippen molar-refractivity contribution in [2.75, 3.05) is 5.32 Å². The second-order valence-electron chi connectivity index (χ2n) is 4.43. The summed E-state index contributed by atoms with van der Waals surface area (Å²) in [6.07, 6.45) is 7.77. The molecule has 0 heterocycles. The van der Waals surface area contributed by atoms with Crippen LogP contribution in [0.5, 0.6) is 0 Å². The van der Waals surface area contributed by atoms with Gasteiger partial charge < -0.3 is 5.32 Å². The molecule has 0 bridgehead atoms. The topological polar surface area (TPSA) is 12.0 Å². The highest BCUT2D eigenvalue weighted by Gasteiger charge is 2.14. The fourth-order valence-electron chi connectivity index (χ4n) is 2.26. The molecule has 1 fully saturated rings. The van der Waals surface area contributed by atoms with Crippen LogP contribution in [0.3, 0.4) is 0 Å². The van der Waals surface area contributed by atoms with Crippen LogP contribution in [0.25, 0.3) is 0 Å². The molecule has 0 amide bonds. The van der Waals surface area contributed by atoms with Crippen molar-refractivity contribution < 1.29 is 0 Å². The molecule has 0 aromatic heterocycles. The largest absolute Gasteiger partial charge is 0.380 e. The molecule has 1 aromatic rings. The lowest BCUT2D eigenvalue weighted by Crippen LogP contribution is -2.18. The first-order chi connectivity index (χ1) is 7.77. The van der Waals surface area contributed by atoms with E-state index < -0.39 is 0 Å². The van der Waals surface area contributed by atoms with Crippen molar-refractivity contribution in [3.63, 3.8) is 0 Å². The Hall–Kier alpha value is -0.400. The molecule has 1 nitrogen and oxygen atoms in total. The number of nitrogens with one attached hydrogen (secondary N) is 1. The first-order valence-corrected chi connectivity index (χ1v) is 6.73. The minimum Gasteiger partial charge on any atom is -0.380 e. The first-order valence-electron chi connectivity index (χ1n) is 5.98. The Labute approximate surface area is 107 Å². The molecule has 1 aliphatic carbocycles. The molecule has 2 rings (SSSR count). The zero-order valence-electron chi connectivity index (χ0n) is 9.31. The highest BCUT2D eigenvalue weighted by molar-refractivity contribution is 6.39. The third-order valence-electron chi connectivity index (χ3n) is 3.17. The van der Waals surface area contributed by atoms with Crippen LogP contribution in [0.15, 0.2) is 18.2 Å². The van der Waals surface area contributed by atoms with E-state index in [0.717, 1.165) is 15.7 Å². The Balaban J connectivity index is 2.07. The lowest BCUT2D eigenvalue weighted by molar-refractivity contribution is 0.620. The van der Waals surface area contributed by atoms with E-state index in [1.807, 2.05) is 18.2 Å². The van der Waals surface area contributed by atoms with E-state index in [9.17, 15) is 0 Å². The third kappa shape index (κ3) is 3.05. The molecule has 88 valence electrons. The minimum absolute atomic E-state index is 0.528. The molecule has 1 aromatic carbocycles. The van der Waals surface area contributed by atoms with Gasteiger partial charge in [-0.05, 0) is 25.0 Å². The van der Waals surface area contributed by atoms with Crippen LogP contribution >= 0.6 is 23.2 Å². The van der Waals surface area contributed by atoms with Gasteiger partial charge in [-0.1, -0.05) is 55.0 Å². The van der Waals surface area contributed by atoms with Gasteiger partial charge in [0.05, 0.1) is 15.7 Å². The first kappa shape index (κ1) is 12.1. The molecule has 1 N–H and O–H groups in total. The van der Waals surface area contributed by atoms with Crippen LogP contribution in [0, 0.1) is 0 Å². The van der Waals surface area contributed by atoms with Gasteiger partial charge in [-0.3, -0.25) is 0 Å². The fourth-order valence-corrected chi connectivity index (χ4v) is 2.77. The molecule has 0 atom stereocenters. The number of hydrogen-bond donors (Lipinski definition) is 1. The van der Waals surface area contributed by atoms with Gasteiger partial charge in [-0.2, -0.15) is 0 Å². The van der Waals surface area contributed by atoms with E-state index in [1.165, 1.54) is 38.5 Å². The number of para-hydroxylation sites is 1. The fraction of sp³-hybridized carbons (Fsp3) is 0.538. The van der Waals surface area contributed by atoms with Gasteiger partial charge in [0.25, 0.3) is 0 Å². The monoisotopic (exact) mass is 257 g/mol. The zero-order valence-corrected chi connectivity index (χ0v) is 10.8. The predicted octanol–water partition coefficient (Wildman–Crippen LogP) is 5.13. The second-order valence-corrected chi connectivity index (χ2v) is 5.24. The summed E-state index contributed by atoms with van der Waals surface area (Å²) < 4.78 is 0. The van der Waals surface area contributed by atoms with Crippen molar-refractivity contribution in [3.8, 4) is 0 Å². The van der Waals surface area contributed by atoms with E-state index in [4.69, 9.17) is 23.2 Å². The van der Waals surface area contributed by atoms with Crippen molar-refractivity contribution >= 4 is 28.9 Å². The number of hydrogen-bond acceptors (Lipinski definition) is 1. The maximum Gasteiger partial charge on any atom is 0.0721 e. The number of benzene rings is 1. The van der Waals surface area contributed by atoms with Gasteiger partial charge in [0.1, 0.15) is 0 Å². The van der Waals surface area contributed by atoms with Gasteiger partial charge in [0, 0.05) is 6.04 Å². The van der Waals surface area contributed by atoms with Gasteiger partial charge in [-0.25, -0.2) is 0 Å². The Morgan fingerprint density at radius 2 is 1.50 bits per heavy atom. The summed E-state index contributed by atoms with van der Waals surface area (Å²) in [5, 5.41) is 4.93. The summed E-state index contributed by atoms with van der Waals surface area (Å²) in [5.74, 6) is 0. The Kier molecular flexibility index (Phi) is 4.37. The number of halogens is 2. The van der Waals surface area contributed by atoms with Crippen LogP contribution in [-0.2, 0) is 0 Å². The van der Waals surface area contributed by atoms with Crippen LogP contribution in [-0.4, -0.2) is 6.04 Å². The molecule has 0 saturated heterocycles. The third-order valence-corrected chi connectivity index (χ3v) is 3.80. The van der Waals surface area contributed by atoms with Crippen LogP contribution in [0.1, 0.15) is 38.5 Å². The summed E-state index contributed by atoms with van der Waals surface area (Å²) in [7, 11) is 0. The van der Waals surface area contributed by atoms with Gasteiger partial charge in [-0.15, -0.1) is 0 Å². The molecule has 1 saturated carbocycles. The molecule has 0 unspecified atom stereocenters. The predicted molar refractivity (Wildman–Crippen MR) is 71.6 cm³/mol. The zero-order chi connectivity index (χ0) is 11.4. The van der Waals surface area contributed by atoms with Crippen LogP contribution in [0.4, 0.5) is 5.69 Å². The Morgan fingerprint density at radius 1 is 0.938 bits per heavy atom. The maximum absolute atomic E-state index is 6.14. The Bertz CT molecular complexity index is 324. The van der Waals surface area contributed by atoms with Crippen molar-refractivity contribution in [3.05, 3.63) is 28.2 Å². The minimum atomic E-state index is 0.528. The highest BCUT2D eigenvalue weighted by Crippen LogP contribution is 2.32. The average molecular weight is 258 g/mol. The van der Waals surface area contributed by atoms with Crippen molar-refractivity contribution in [2.24, 2.45) is 0 Å². The summed E-state index contributed by atoms with van der Waals surface area (Å²) in [6, 6.07) is 6.17. The lowest BCUT2D eigenvalue weighted by atomic mass is 10.1. The second kappa shape index (κ2) is 5.79. The van der Waals surface area contributed by atoms with Crippen molar-refractivity contribution in [2.45, 2.75) is 44.6 Å². The van der Waals surface area contributed by atoms with Gasteiger partial charge >= 0.3 is 0 Å². The van der Waals surface area contributed by atoms with E-state index in [0.29, 0.717) is 6.04 Å². The van der Waals surface area contributed by atoms with E-state index in [1.54, 1.807) is 0 Å². The lowest BCUT2D eigenvalue weighted by Gasteiger charge is -2.19. The normalized spacial score (nSPS) is 18.1. The molecule has 3 heteroatoms. The summed E-state index contributed by atoms with van der Waals surface area (Å²) >= 11 is 12.3. The maximum atomic E-state index is 6.14. The average Bonchev–Trinajstić information content (AvgIpc) is 2.52. The van der Waals surface area contributed by atoms with Crippen LogP contribution in [0.2, 0.25) is 10.0 Å². The smallest absolute Gasteiger partial charge is 0.0721 e.